The molecule has 4 heteroatoms. The van der Waals surface area contributed by atoms with E-state index in [1.54, 1.807) is 24.3 Å². The first-order valence-electron chi connectivity index (χ1n) is 4.84. The predicted molar refractivity (Wildman–Crippen MR) is 56.8 cm³/mol. The normalized spacial score (nSPS) is 12.1. The Bertz CT molecular complexity index is 338. The molecule has 1 atom stereocenters. The van der Waals surface area contributed by atoms with Crippen molar-refractivity contribution >= 4 is 5.91 Å². The maximum absolute atomic E-state index is 11.0. The molecule has 0 radical (unpaired) electrons. The van der Waals surface area contributed by atoms with Gasteiger partial charge in [-0.05, 0) is 18.6 Å². The number of aliphatic hydroxyl groups is 1. The lowest BCUT2D eigenvalue weighted by Crippen LogP contribution is -2.18. The van der Waals surface area contributed by atoms with E-state index in [1.165, 1.54) is 0 Å². The van der Waals surface area contributed by atoms with Crippen molar-refractivity contribution in [2.24, 2.45) is 5.73 Å². The third-order valence-corrected chi connectivity index (χ3v) is 2.05. The number of carbonyl (C=O) groups excluding carboxylic acids is 1. The van der Waals surface area contributed by atoms with E-state index in [-0.39, 0.29) is 6.61 Å². The van der Waals surface area contributed by atoms with Crippen LogP contribution in [0.4, 0.5) is 0 Å². The quantitative estimate of drug-likeness (QED) is 0.757. The van der Waals surface area contributed by atoms with Crippen molar-refractivity contribution in [1.29, 1.82) is 0 Å². The minimum absolute atomic E-state index is 0.167. The Morgan fingerprint density at radius 1 is 1.53 bits per heavy atom. The van der Waals surface area contributed by atoms with Crippen LogP contribution in [-0.2, 0) is 0 Å². The highest BCUT2D eigenvalue weighted by atomic mass is 16.5. The van der Waals surface area contributed by atoms with Crippen molar-refractivity contribution in [3.05, 3.63) is 29.8 Å². The predicted octanol–water partition coefficient (Wildman–Crippen LogP) is 0.935. The molecule has 0 heterocycles. The van der Waals surface area contributed by atoms with Gasteiger partial charge in [-0.15, -0.1) is 0 Å². The zero-order valence-corrected chi connectivity index (χ0v) is 8.64. The Morgan fingerprint density at radius 2 is 2.20 bits per heavy atom. The standard InChI is InChI=1S/C11H15NO3/c1-2-8(13)7-15-10-6-4-3-5-9(10)11(12)14/h3-6,8,13H,2,7H2,1H3,(H2,12,14)/t8-/m0/s1. The van der Waals surface area contributed by atoms with E-state index >= 15 is 0 Å². The van der Waals surface area contributed by atoms with E-state index in [4.69, 9.17) is 10.5 Å². The number of nitrogens with two attached hydrogens (primary N) is 1. The Hall–Kier alpha value is -1.55. The molecule has 0 aliphatic carbocycles. The average molecular weight is 209 g/mol. The van der Waals surface area contributed by atoms with Gasteiger partial charge in [0.05, 0.1) is 11.7 Å². The molecule has 15 heavy (non-hydrogen) atoms. The molecule has 1 aromatic carbocycles. The van der Waals surface area contributed by atoms with Gasteiger partial charge in [-0.2, -0.15) is 0 Å². The van der Waals surface area contributed by atoms with Crippen molar-refractivity contribution in [2.75, 3.05) is 6.61 Å². The summed E-state index contributed by atoms with van der Waals surface area (Å²) in [6.45, 7) is 2.02. The van der Waals surface area contributed by atoms with Gasteiger partial charge in [0.2, 0.25) is 0 Å². The SMILES string of the molecule is CC[C@H](O)COc1ccccc1C(N)=O. The molecule has 0 aromatic heterocycles. The van der Waals surface area contributed by atoms with E-state index in [9.17, 15) is 9.90 Å². The van der Waals surface area contributed by atoms with E-state index in [1.807, 2.05) is 6.92 Å². The number of hydrogen-bond acceptors (Lipinski definition) is 3. The number of aliphatic hydroxyl groups excluding tert-OH is 1. The molecular weight excluding hydrogens is 194 g/mol. The third-order valence-electron chi connectivity index (χ3n) is 2.05. The summed E-state index contributed by atoms with van der Waals surface area (Å²) in [5, 5.41) is 9.31. The summed E-state index contributed by atoms with van der Waals surface area (Å²) in [6.07, 6.45) is 0.0876. The van der Waals surface area contributed by atoms with Gasteiger partial charge in [-0.25, -0.2) is 0 Å². The van der Waals surface area contributed by atoms with Gasteiger partial charge >= 0.3 is 0 Å². The molecule has 1 rings (SSSR count). The van der Waals surface area contributed by atoms with Crippen LogP contribution < -0.4 is 10.5 Å². The van der Waals surface area contributed by atoms with Gasteiger partial charge in [0, 0.05) is 0 Å². The van der Waals surface area contributed by atoms with Crippen molar-refractivity contribution in [1.82, 2.24) is 0 Å². The highest BCUT2D eigenvalue weighted by Crippen LogP contribution is 2.17. The van der Waals surface area contributed by atoms with Crippen LogP contribution in [0.15, 0.2) is 24.3 Å². The topological polar surface area (TPSA) is 72.6 Å². The molecule has 4 nitrogen and oxygen atoms in total. The van der Waals surface area contributed by atoms with Gasteiger partial charge in [-0.3, -0.25) is 4.79 Å². The molecule has 0 saturated heterocycles. The summed E-state index contributed by atoms with van der Waals surface area (Å²) in [5.41, 5.74) is 5.51. The number of para-hydroxylation sites is 1. The molecular formula is C11H15NO3. The largest absolute Gasteiger partial charge is 0.490 e. The monoisotopic (exact) mass is 209 g/mol. The van der Waals surface area contributed by atoms with Crippen LogP contribution in [0.2, 0.25) is 0 Å². The second kappa shape index (κ2) is 5.36. The van der Waals surface area contributed by atoms with E-state index < -0.39 is 12.0 Å². The molecule has 0 aliphatic rings. The lowest BCUT2D eigenvalue weighted by molar-refractivity contribution is 0.0957. The van der Waals surface area contributed by atoms with E-state index in [0.717, 1.165) is 0 Å². The first-order chi connectivity index (χ1) is 7.15. The second-order valence-corrected chi connectivity index (χ2v) is 3.23. The number of hydrogen-bond donors (Lipinski definition) is 2. The summed E-state index contributed by atoms with van der Waals surface area (Å²) in [4.78, 5) is 11.0. The minimum atomic E-state index is -0.531. The van der Waals surface area contributed by atoms with Gasteiger partial charge < -0.3 is 15.6 Å². The van der Waals surface area contributed by atoms with Crippen LogP contribution in [0.5, 0.6) is 5.75 Å². The zero-order valence-electron chi connectivity index (χ0n) is 8.64. The van der Waals surface area contributed by atoms with Crippen molar-refractivity contribution in [3.63, 3.8) is 0 Å². The van der Waals surface area contributed by atoms with E-state index in [2.05, 4.69) is 0 Å². The second-order valence-electron chi connectivity index (χ2n) is 3.23. The number of amides is 1. The van der Waals surface area contributed by atoms with E-state index in [0.29, 0.717) is 17.7 Å². The molecule has 0 unspecified atom stereocenters. The molecule has 0 bridgehead atoms. The fourth-order valence-corrected chi connectivity index (χ4v) is 1.10. The third kappa shape index (κ3) is 3.25. The maximum Gasteiger partial charge on any atom is 0.252 e. The van der Waals surface area contributed by atoms with Crippen LogP contribution in [0.3, 0.4) is 0 Å². The highest BCUT2D eigenvalue weighted by Gasteiger charge is 2.09. The zero-order chi connectivity index (χ0) is 11.3. The van der Waals surface area contributed by atoms with Crippen LogP contribution >= 0.6 is 0 Å². The Morgan fingerprint density at radius 3 is 2.80 bits per heavy atom. The lowest BCUT2D eigenvalue weighted by atomic mass is 10.2. The van der Waals surface area contributed by atoms with Crippen LogP contribution in [0.25, 0.3) is 0 Å². The smallest absolute Gasteiger partial charge is 0.252 e. The van der Waals surface area contributed by atoms with Crippen LogP contribution in [-0.4, -0.2) is 23.7 Å². The average Bonchev–Trinajstić information content (AvgIpc) is 2.26. The number of primary amides is 1. The molecule has 1 amide bonds. The summed E-state index contributed by atoms with van der Waals surface area (Å²) >= 11 is 0. The van der Waals surface area contributed by atoms with Gasteiger partial charge in [-0.1, -0.05) is 19.1 Å². The summed E-state index contributed by atoms with van der Waals surface area (Å²) in [5.74, 6) is -0.117. The Balaban J connectivity index is 2.72. The number of carbonyl (C=O) groups is 1. The highest BCUT2D eigenvalue weighted by molar-refractivity contribution is 5.95. The van der Waals surface area contributed by atoms with Crippen molar-refractivity contribution in [3.8, 4) is 5.75 Å². The molecule has 0 saturated carbocycles. The number of benzene rings is 1. The fraction of sp³-hybridized carbons (Fsp3) is 0.364. The van der Waals surface area contributed by atoms with Crippen molar-refractivity contribution < 1.29 is 14.6 Å². The van der Waals surface area contributed by atoms with Gasteiger partial charge in [0.25, 0.3) is 5.91 Å². The van der Waals surface area contributed by atoms with Crippen molar-refractivity contribution in [2.45, 2.75) is 19.4 Å². The molecule has 1 aromatic rings. The summed E-state index contributed by atoms with van der Waals surface area (Å²) < 4.78 is 5.30. The molecule has 0 aliphatic heterocycles. The molecule has 3 N–H and O–H groups in total. The first-order valence-corrected chi connectivity index (χ1v) is 4.84. The van der Waals surface area contributed by atoms with Gasteiger partial charge in [0.1, 0.15) is 12.4 Å². The summed E-state index contributed by atoms with van der Waals surface area (Å²) in [6, 6.07) is 6.71. The number of rotatable bonds is 5. The molecule has 0 fully saturated rings. The Labute approximate surface area is 88.7 Å². The van der Waals surface area contributed by atoms with Crippen LogP contribution in [0.1, 0.15) is 23.7 Å². The first kappa shape index (κ1) is 11.5. The number of ether oxygens (including phenoxy) is 1. The minimum Gasteiger partial charge on any atom is -0.490 e. The molecule has 0 spiro atoms. The summed E-state index contributed by atoms with van der Waals surface area (Å²) in [7, 11) is 0. The lowest BCUT2D eigenvalue weighted by Gasteiger charge is -2.12. The van der Waals surface area contributed by atoms with Crippen LogP contribution in [0, 0.1) is 0 Å². The van der Waals surface area contributed by atoms with Gasteiger partial charge in [0.15, 0.2) is 0 Å². The fourth-order valence-electron chi connectivity index (χ4n) is 1.10. The molecule has 82 valence electrons. The maximum atomic E-state index is 11.0. The Kier molecular flexibility index (Phi) is 4.12.